The third-order valence-corrected chi connectivity index (χ3v) is 4.54. The molecule has 0 aromatic heterocycles. The maximum absolute atomic E-state index is 10.1. The molecule has 1 aliphatic heterocycles. The van der Waals surface area contributed by atoms with Gasteiger partial charge in [0.15, 0.2) is 0 Å². The van der Waals surface area contributed by atoms with Gasteiger partial charge in [-0.2, -0.15) is 0 Å². The molecule has 1 saturated heterocycles. The number of nitrogens with zero attached hydrogens (tertiary/aromatic N) is 1. The van der Waals surface area contributed by atoms with E-state index in [-0.39, 0.29) is 17.6 Å². The number of piperidine rings is 1. The zero-order chi connectivity index (χ0) is 12.5. The number of aliphatic hydroxyl groups excluding tert-OH is 1. The van der Waals surface area contributed by atoms with Gasteiger partial charge in [-0.1, -0.05) is 22.5 Å². The van der Waals surface area contributed by atoms with Crippen LogP contribution in [-0.4, -0.2) is 48.5 Å². The largest absolute Gasteiger partial charge is 0.392 e. The number of halogens is 1. The number of hydrogen-bond donors (Lipinski definition) is 1. The number of aliphatic hydroxyl groups is 1. The Morgan fingerprint density at radius 1 is 1.53 bits per heavy atom. The van der Waals surface area contributed by atoms with Gasteiger partial charge in [0.05, 0.1) is 12.2 Å². The van der Waals surface area contributed by atoms with Crippen LogP contribution < -0.4 is 0 Å². The van der Waals surface area contributed by atoms with Gasteiger partial charge in [-0.3, -0.25) is 4.90 Å². The summed E-state index contributed by atoms with van der Waals surface area (Å²) in [7, 11) is 0. The van der Waals surface area contributed by atoms with Crippen molar-refractivity contribution in [3.8, 4) is 0 Å². The Morgan fingerprint density at radius 2 is 2.18 bits per heavy atom. The molecule has 2 atom stereocenters. The van der Waals surface area contributed by atoms with E-state index in [1.165, 1.54) is 0 Å². The van der Waals surface area contributed by atoms with Crippen LogP contribution in [0.5, 0.6) is 0 Å². The van der Waals surface area contributed by atoms with Gasteiger partial charge < -0.3 is 9.84 Å². The molecule has 2 fully saturated rings. The second-order valence-electron chi connectivity index (χ2n) is 5.22. The highest BCUT2D eigenvalue weighted by molar-refractivity contribution is 9.11. The van der Waals surface area contributed by atoms with Crippen LogP contribution in [0.25, 0.3) is 0 Å². The number of ether oxygens (including phenoxy) is 1. The molecular weight excluding hydrogens is 282 g/mol. The Bertz CT molecular complexity index is 285. The first-order chi connectivity index (χ1) is 8.08. The Labute approximate surface area is 112 Å². The minimum Gasteiger partial charge on any atom is -0.392 e. The zero-order valence-corrected chi connectivity index (χ0v) is 12.1. The Morgan fingerprint density at radius 3 is 2.65 bits per heavy atom. The van der Waals surface area contributed by atoms with Crippen molar-refractivity contribution < 1.29 is 9.84 Å². The van der Waals surface area contributed by atoms with Crippen molar-refractivity contribution in [2.45, 2.75) is 38.4 Å². The minimum atomic E-state index is -0.159. The van der Waals surface area contributed by atoms with E-state index in [1.807, 2.05) is 6.92 Å². The first-order valence-electron chi connectivity index (χ1n) is 6.44. The molecule has 17 heavy (non-hydrogen) atoms. The van der Waals surface area contributed by atoms with Gasteiger partial charge in [-0.25, -0.2) is 0 Å². The van der Waals surface area contributed by atoms with Gasteiger partial charge in [0.25, 0.3) is 0 Å². The predicted molar refractivity (Wildman–Crippen MR) is 72.2 cm³/mol. The quantitative estimate of drug-likeness (QED) is 0.864. The normalized spacial score (nSPS) is 32.4. The molecule has 1 spiro atoms. The Kier molecular flexibility index (Phi) is 4.29. The van der Waals surface area contributed by atoms with E-state index >= 15 is 0 Å². The lowest BCUT2D eigenvalue weighted by Crippen LogP contribution is -2.62. The molecule has 2 aliphatic rings. The third kappa shape index (κ3) is 2.60. The highest BCUT2D eigenvalue weighted by Crippen LogP contribution is 2.50. The summed E-state index contributed by atoms with van der Waals surface area (Å²) in [5.74, 6) is 0. The summed E-state index contributed by atoms with van der Waals surface area (Å²) in [6, 6.07) is 0. The standard InChI is InChI=1S/C13H22BrNO2/c1-3-17-12-8-11(16)13(12)4-6-15(7-5-13)9-10(2)14/h11-12,16H,2-9H2,1H3/t11-,12+/m0/s1. The van der Waals surface area contributed by atoms with Crippen LogP contribution in [0.4, 0.5) is 0 Å². The van der Waals surface area contributed by atoms with Gasteiger partial charge in [0.1, 0.15) is 0 Å². The van der Waals surface area contributed by atoms with Crippen LogP contribution in [0.1, 0.15) is 26.2 Å². The minimum absolute atomic E-state index is 0.0418. The molecule has 0 aromatic carbocycles. The smallest absolute Gasteiger partial charge is 0.0681 e. The van der Waals surface area contributed by atoms with Crippen LogP contribution in [0, 0.1) is 5.41 Å². The molecule has 4 heteroatoms. The average Bonchev–Trinajstić information content (AvgIpc) is 2.29. The van der Waals surface area contributed by atoms with Crippen LogP contribution in [0.2, 0.25) is 0 Å². The fraction of sp³-hybridized carbons (Fsp3) is 0.846. The molecule has 1 saturated carbocycles. The monoisotopic (exact) mass is 303 g/mol. The van der Waals surface area contributed by atoms with Crippen LogP contribution in [0.3, 0.4) is 0 Å². The highest BCUT2D eigenvalue weighted by Gasteiger charge is 2.55. The van der Waals surface area contributed by atoms with E-state index in [1.54, 1.807) is 0 Å². The van der Waals surface area contributed by atoms with Gasteiger partial charge in [-0.05, 0) is 32.9 Å². The van der Waals surface area contributed by atoms with E-state index in [0.29, 0.717) is 0 Å². The van der Waals surface area contributed by atoms with Gasteiger partial charge in [0, 0.05) is 29.5 Å². The van der Waals surface area contributed by atoms with Crippen molar-refractivity contribution in [1.29, 1.82) is 0 Å². The molecule has 1 N–H and O–H groups in total. The number of rotatable bonds is 4. The van der Waals surface area contributed by atoms with Crippen LogP contribution in [-0.2, 0) is 4.74 Å². The molecule has 0 unspecified atom stereocenters. The Balaban J connectivity index is 1.90. The number of likely N-dealkylation sites (tertiary alicyclic amines) is 1. The zero-order valence-electron chi connectivity index (χ0n) is 10.5. The van der Waals surface area contributed by atoms with Gasteiger partial charge in [-0.15, -0.1) is 0 Å². The summed E-state index contributed by atoms with van der Waals surface area (Å²) in [4.78, 5) is 2.39. The molecule has 1 aliphatic carbocycles. The fourth-order valence-corrected chi connectivity index (χ4v) is 3.54. The average molecular weight is 304 g/mol. The molecule has 0 bridgehead atoms. The molecule has 0 radical (unpaired) electrons. The summed E-state index contributed by atoms with van der Waals surface area (Å²) >= 11 is 3.41. The van der Waals surface area contributed by atoms with Crippen molar-refractivity contribution in [1.82, 2.24) is 4.90 Å². The molecule has 3 nitrogen and oxygen atoms in total. The lowest BCUT2D eigenvalue weighted by Gasteiger charge is -2.56. The summed E-state index contributed by atoms with van der Waals surface area (Å²) in [6.45, 7) is 9.64. The first kappa shape index (κ1) is 13.5. The van der Waals surface area contributed by atoms with E-state index in [9.17, 15) is 5.11 Å². The molecule has 0 amide bonds. The maximum atomic E-state index is 10.1. The van der Waals surface area contributed by atoms with Gasteiger partial charge >= 0.3 is 0 Å². The van der Waals surface area contributed by atoms with Crippen molar-refractivity contribution in [3.63, 3.8) is 0 Å². The van der Waals surface area contributed by atoms with E-state index in [4.69, 9.17) is 4.74 Å². The second kappa shape index (κ2) is 5.39. The fourth-order valence-electron chi connectivity index (χ4n) is 3.19. The summed E-state index contributed by atoms with van der Waals surface area (Å²) in [6.07, 6.45) is 3.02. The van der Waals surface area contributed by atoms with Crippen molar-refractivity contribution in [2.24, 2.45) is 5.41 Å². The van der Waals surface area contributed by atoms with E-state index in [2.05, 4.69) is 27.4 Å². The lowest BCUT2D eigenvalue weighted by molar-refractivity contribution is -0.209. The highest BCUT2D eigenvalue weighted by atomic mass is 79.9. The summed E-state index contributed by atoms with van der Waals surface area (Å²) in [5.41, 5.74) is 0.0418. The SMILES string of the molecule is C=C(Br)CN1CCC2(CC1)[C@@H](O)C[C@H]2OCC. The summed E-state index contributed by atoms with van der Waals surface area (Å²) in [5, 5.41) is 10.1. The topological polar surface area (TPSA) is 32.7 Å². The molecule has 98 valence electrons. The first-order valence-corrected chi connectivity index (χ1v) is 7.23. The second-order valence-corrected chi connectivity index (χ2v) is 6.34. The van der Waals surface area contributed by atoms with Crippen molar-refractivity contribution >= 4 is 15.9 Å². The predicted octanol–water partition coefficient (Wildman–Crippen LogP) is 2.15. The molecule has 1 heterocycles. The molecular formula is C13H22BrNO2. The summed E-state index contributed by atoms with van der Waals surface area (Å²) < 4.78 is 6.78. The lowest BCUT2D eigenvalue weighted by atomic mass is 9.58. The number of hydrogen-bond acceptors (Lipinski definition) is 3. The molecule has 2 rings (SSSR count). The Hall–Kier alpha value is 0.1000. The van der Waals surface area contributed by atoms with E-state index in [0.717, 1.165) is 50.0 Å². The van der Waals surface area contributed by atoms with Crippen LogP contribution in [0.15, 0.2) is 11.1 Å². The molecule has 0 aromatic rings. The van der Waals surface area contributed by atoms with Crippen molar-refractivity contribution in [3.05, 3.63) is 11.1 Å². The van der Waals surface area contributed by atoms with Crippen LogP contribution >= 0.6 is 15.9 Å². The van der Waals surface area contributed by atoms with Crippen molar-refractivity contribution in [2.75, 3.05) is 26.2 Å². The third-order valence-electron chi connectivity index (χ3n) is 4.29. The van der Waals surface area contributed by atoms with Gasteiger partial charge in [0.2, 0.25) is 0 Å². The van der Waals surface area contributed by atoms with E-state index < -0.39 is 0 Å². The maximum Gasteiger partial charge on any atom is 0.0681 e.